The van der Waals surface area contributed by atoms with E-state index in [1.807, 2.05) is 0 Å². The molecule has 0 bridgehead atoms. The lowest BCUT2D eigenvalue weighted by Crippen LogP contribution is -2.49. The Bertz CT molecular complexity index is 151. The molecule has 1 aliphatic rings. The minimum atomic E-state index is -4.23. The summed E-state index contributed by atoms with van der Waals surface area (Å²) in [5.74, 6) is 0. The molecule has 1 rings (SSSR count). The number of halogens is 3. The van der Waals surface area contributed by atoms with Crippen molar-refractivity contribution in [3.63, 3.8) is 0 Å². The third kappa shape index (κ3) is 1.56. The lowest BCUT2D eigenvalue weighted by atomic mass is 9.82. The average molecular weight is 183 g/mol. The molecule has 1 unspecified atom stereocenters. The fourth-order valence-electron chi connectivity index (χ4n) is 1.35. The molecule has 0 aliphatic carbocycles. The molecule has 0 saturated carbocycles. The normalized spacial score (nSPS) is 32.0. The van der Waals surface area contributed by atoms with Crippen molar-refractivity contribution in [2.75, 3.05) is 19.8 Å². The van der Waals surface area contributed by atoms with E-state index >= 15 is 0 Å². The van der Waals surface area contributed by atoms with E-state index in [0.717, 1.165) is 0 Å². The van der Waals surface area contributed by atoms with Crippen molar-refractivity contribution >= 4 is 0 Å². The van der Waals surface area contributed by atoms with Gasteiger partial charge in [-0.3, -0.25) is 0 Å². The van der Waals surface area contributed by atoms with Crippen LogP contribution in [0.3, 0.4) is 0 Å². The molecule has 5 heteroatoms. The molecule has 1 saturated heterocycles. The second kappa shape index (κ2) is 3.22. The van der Waals surface area contributed by atoms with Gasteiger partial charge < -0.3 is 10.5 Å². The highest BCUT2D eigenvalue weighted by Gasteiger charge is 2.54. The van der Waals surface area contributed by atoms with Crippen molar-refractivity contribution in [2.45, 2.75) is 19.0 Å². The zero-order valence-corrected chi connectivity index (χ0v) is 6.66. The average Bonchev–Trinajstić information content (AvgIpc) is 2.04. The van der Waals surface area contributed by atoms with Crippen LogP contribution in [0.4, 0.5) is 13.2 Å². The third-order valence-corrected chi connectivity index (χ3v) is 2.31. The van der Waals surface area contributed by atoms with E-state index in [1.165, 1.54) is 0 Å². The van der Waals surface area contributed by atoms with Crippen LogP contribution in [0.5, 0.6) is 0 Å². The molecule has 0 aromatic rings. The number of rotatable bonds is 1. The number of ether oxygens (including phenoxy) is 1. The maximum absolute atomic E-state index is 12.4. The van der Waals surface area contributed by atoms with Gasteiger partial charge in [0, 0.05) is 13.2 Å². The molecular formula is C7H12F3NO. The Balaban J connectivity index is 2.73. The van der Waals surface area contributed by atoms with Gasteiger partial charge in [-0.05, 0) is 12.8 Å². The van der Waals surface area contributed by atoms with Crippen LogP contribution in [-0.2, 0) is 4.74 Å². The number of hydrogen-bond donors (Lipinski definition) is 1. The summed E-state index contributed by atoms with van der Waals surface area (Å²) < 4.78 is 42.1. The first-order valence-electron chi connectivity index (χ1n) is 3.86. The van der Waals surface area contributed by atoms with Crippen LogP contribution in [0.2, 0.25) is 0 Å². The molecule has 0 spiro atoms. The molecule has 0 aromatic carbocycles. The minimum absolute atomic E-state index is 0.0903. The van der Waals surface area contributed by atoms with Gasteiger partial charge in [0.1, 0.15) is 5.41 Å². The Labute approximate surface area is 68.9 Å². The van der Waals surface area contributed by atoms with Gasteiger partial charge in [0.05, 0.1) is 6.61 Å². The van der Waals surface area contributed by atoms with Gasteiger partial charge in [0.25, 0.3) is 0 Å². The summed E-state index contributed by atoms with van der Waals surface area (Å²) in [6.45, 7) is -0.249. The molecule has 2 nitrogen and oxygen atoms in total. The Hall–Kier alpha value is -0.290. The van der Waals surface area contributed by atoms with E-state index in [-0.39, 0.29) is 19.6 Å². The number of alkyl halides is 3. The van der Waals surface area contributed by atoms with Gasteiger partial charge in [-0.25, -0.2) is 0 Å². The van der Waals surface area contributed by atoms with E-state index in [0.29, 0.717) is 13.0 Å². The van der Waals surface area contributed by atoms with Crippen LogP contribution in [0.25, 0.3) is 0 Å². The molecule has 72 valence electrons. The van der Waals surface area contributed by atoms with Crippen LogP contribution in [0.1, 0.15) is 12.8 Å². The summed E-state index contributed by atoms with van der Waals surface area (Å²) in [5, 5.41) is 0. The van der Waals surface area contributed by atoms with E-state index in [2.05, 4.69) is 0 Å². The van der Waals surface area contributed by atoms with Crippen molar-refractivity contribution in [3.05, 3.63) is 0 Å². The maximum atomic E-state index is 12.4. The molecule has 1 aliphatic heterocycles. The zero-order valence-electron chi connectivity index (χ0n) is 6.66. The summed E-state index contributed by atoms with van der Waals surface area (Å²) in [7, 11) is 0. The number of hydrogen-bond acceptors (Lipinski definition) is 2. The minimum Gasteiger partial charge on any atom is -0.380 e. The smallest absolute Gasteiger partial charge is 0.380 e. The van der Waals surface area contributed by atoms with Crippen LogP contribution in [0.15, 0.2) is 0 Å². The highest BCUT2D eigenvalue weighted by molar-refractivity contribution is 4.89. The van der Waals surface area contributed by atoms with Crippen LogP contribution < -0.4 is 5.73 Å². The zero-order chi connectivity index (χ0) is 9.24. The monoisotopic (exact) mass is 183 g/mol. The van der Waals surface area contributed by atoms with Crippen molar-refractivity contribution in [1.82, 2.24) is 0 Å². The van der Waals surface area contributed by atoms with Crippen LogP contribution >= 0.6 is 0 Å². The molecule has 12 heavy (non-hydrogen) atoms. The van der Waals surface area contributed by atoms with Gasteiger partial charge in [-0.2, -0.15) is 13.2 Å². The standard InChI is InChI=1S/C7H12F3NO/c8-7(9,10)6(4-11)2-1-3-12-5-6/h1-5,11H2. The number of nitrogens with two attached hydrogens (primary N) is 1. The predicted molar refractivity (Wildman–Crippen MR) is 37.6 cm³/mol. The van der Waals surface area contributed by atoms with Crippen molar-refractivity contribution in [1.29, 1.82) is 0 Å². The predicted octanol–water partition coefficient (Wildman–Crippen LogP) is 1.30. The first-order valence-corrected chi connectivity index (χ1v) is 3.86. The molecule has 1 atom stereocenters. The summed E-state index contributed by atoms with van der Waals surface area (Å²) in [4.78, 5) is 0. The lowest BCUT2D eigenvalue weighted by molar-refractivity contribution is -0.249. The fraction of sp³-hybridized carbons (Fsp3) is 1.00. The largest absolute Gasteiger partial charge is 0.397 e. The molecule has 0 aromatic heterocycles. The highest BCUT2D eigenvalue weighted by atomic mass is 19.4. The first kappa shape index (κ1) is 9.80. The van der Waals surface area contributed by atoms with E-state index < -0.39 is 11.6 Å². The molecule has 1 heterocycles. The summed E-state index contributed by atoms with van der Waals surface area (Å²) in [6, 6.07) is 0. The summed E-state index contributed by atoms with van der Waals surface area (Å²) in [6.07, 6.45) is -3.70. The first-order chi connectivity index (χ1) is 5.52. The van der Waals surface area contributed by atoms with Crippen molar-refractivity contribution in [2.24, 2.45) is 11.1 Å². The second-order valence-corrected chi connectivity index (χ2v) is 3.14. The SMILES string of the molecule is NCC1(C(F)(F)F)CCCOC1. The molecule has 0 amide bonds. The Morgan fingerprint density at radius 3 is 2.33 bits per heavy atom. The summed E-state index contributed by atoms with van der Waals surface area (Å²) >= 11 is 0. The third-order valence-electron chi connectivity index (χ3n) is 2.31. The van der Waals surface area contributed by atoms with Gasteiger partial charge in [0.2, 0.25) is 0 Å². The van der Waals surface area contributed by atoms with Gasteiger partial charge >= 0.3 is 6.18 Å². The quantitative estimate of drug-likeness (QED) is 0.665. The van der Waals surface area contributed by atoms with Gasteiger partial charge in [-0.15, -0.1) is 0 Å². The van der Waals surface area contributed by atoms with Crippen LogP contribution in [-0.4, -0.2) is 25.9 Å². The van der Waals surface area contributed by atoms with Crippen LogP contribution in [0, 0.1) is 5.41 Å². The maximum Gasteiger partial charge on any atom is 0.397 e. The Kier molecular flexibility index (Phi) is 2.63. The Morgan fingerprint density at radius 2 is 2.08 bits per heavy atom. The van der Waals surface area contributed by atoms with E-state index in [1.54, 1.807) is 0 Å². The van der Waals surface area contributed by atoms with Gasteiger partial charge in [-0.1, -0.05) is 0 Å². The second-order valence-electron chi connectivity index (χ2n) is 3.14. The summed E-state index contributed by atoms with van der Waals surface area (Å²) in [5.41, 5.74) is 3.34. The lowest BCUT2D eigenvalue weighted by Gasteiger charge is -2.37. The van der Waals surface area contributed by atoms with Crippen molar-refractivity contribution in [3.8, 4) is 0 Å². The fourth-order valence-corrected chi connectivity index (χ4v) is 1.35. The van der Waals surface area contributed by atoms with E-state index in [9.17, 15) is 13.2 Å². The van der Waals surface area contributed by atoms with Crippen molar-refractivity contribution < 1.29 is 17.9 Å². The highest BCUT2D eigenvalue weighted by Crippen LogP contribution is 2.43. The molecule has 1 fully saturated rings. The topological polar surface area (TPSA) is 35.2 Å². The van der Waals surface area contributed by atoms with E-state index in [4.69, 9.17) is 10.5 Å². The van der Waals surface area contributed by atoms with Gasteiger partial charge in [0.15, 0.2) is 0 Å². The molecule has 2 N–H and O–H groups in total. The molecule has 0 radical (unpaired) electrons. The molecular weight excluding hydrogens is 171 g/mol. The Morgan fingerprint density at radius 1 is 1.42 bits per heavy atom.